The molecule has 112 valence electrons. The van der Waals surface area contributed by atoms with Crippen LogP contribution in [0, 0.1) is 0 Å². The van der Waals surface area contributed by atoms with Crippen molar-refractivity contribution in [3.8, 4) is 0 Å². The largest absolute Gasteiger partial charge is 0.325 e. The summed E-state index contributed by atoms with van der Waals surface area (Å²) in [6, 6.07) is 12.0. The molecule has 0 aliphatic heterocycles. The molecule has 0 atom stereocenters. The Morgan fingerprint density at radius 3 is 2.71 bits per heavy atom. The molecule has 0 saturated heterocycles. The summed E-state index contributed by atoms with van der Waals surface area (Å²) >= 11 is 5.15. The van der Waals surface area contributed by atoms with E-state index in [0.29, 0.717) is 6.54 Å². The second-order valence-corrected chi connectivity index (χ2v) is 7.48. The van der Waals surface area contributed by atoms with Crippen molar-refractivity contribution in [2.45, 2.75) is 19.9 Å². The molecule has 0 aliphatic carbocycles. The molecular weight excluding hydrogens is 348 g/mol. The highest BCUT2D eigenvalue weighted by molar-refractivity contribution is 9.11. The van der Waals surface area contributed by atoms with Crippen LogP contribution in [0.4, 0.5) is 5.69 Å². The smallest absolute Gasteiger partial charge is 0.238 e. The summed E-state index contributed by atoms with van der Waals surface area (Å²) in [5.41, 5.74) is 2.08. The Balaban J connectivity index is 1.89. The number of likely N-dealkylation sites (N-methyl/N-ethyl adjacent to an activating group) is 1. The van der Waals surface area contributed by atoms with Crippen LogP contribution in [0.5, 0.6) is 0 Å². The van der Waals surface area contributed by atoms with E-state index >= 15 is 0 Å². The fourth-order valence-corrected chi connectivity index (χ4v) is 3.71. The van der Waals surface area contributed by atoms with Crippen LogP contribution in [0.3, 0.4) is 0 Å². The number of carbonyl (C=O) groups is 1. The predicted octanol–water partition coefficient (Wildman–Crippen LogP) is 4.14. The molecule has 0 bridgehead atoms. The lowest BCUT2D eigenvalue weighted by Gasteiger charge is -2.16. The van der Waals surface area contributed by atoms with E-state index < -0.39 is 0 Å². The third-order valence-electron chi connectivity index (χ3n) is 3.14. The van der Waals surface area contributed by atoms with E-state index in [9.17, 15) is 4.79 Å². The quantitative estimate of drug-likeness (QED) is 0.832. The van der Waals surface area contributed by atoms with Crippen LogP contribution in [-0.4, -0.2) is 24.4 Å². The molecule has 1 N–H and O–H groups in total. The fourth-order valence-electron chi connectivity index (χ4n) is 2.14. The van der Waals surface area contributed by atoms with Gasteiger partial charge in [0.25, 0.3) is 0 Å². The van der Waals surface area contributed by atoms with Crippen LogP contribution >= 0.6 is 27.3 Å². The zero-order chi connectivity index (χ0) is 15.2. The van der Waals surface area contributed by atoms with Gasteiger partial charge in [-0.05, 0) is 53.2 Å². The van der Waals surface area contributed by atoms with E-state index in [-0.39, 0.29) is 5.91 Å². The van der Waals surface area contributed by atoms with Crippen molar-refractivity contribution in [3.05, 3.63) is 50.6 Å². The van der Waals surface area contributed by atoms with Gasteiger partial charge in [-0.15, -0.1) is 11.3 Å². The summed E-state index contributed by atoms with van der Waals surface area (Å²) in [6.07, 6.45) is 0.912. The number of amides is 1. The number of halogens is 1. The summed E-state index contributed by atoms with van der Waals surface area (Å²) < 4.78 is 1.12. The standard InChI is InChI=1S/C16H19BrN2OS/c1-3-12-6-4-5-7-14(12)18-16(20)11-19(2)10-13-8-9-15(17)21-13/h4-9H,3,10-11H2,1-2H3,(H,18,20). The minimum Gasteiger partial charge on any atom is -0.325 e. The van der Waals surface area contributed by atoms with Gasteiger partial charge >= 0.3 is 0 Å². The molecule has 0 fully saturated rings. The summed E-state index contributed by atoms with van der Waals surface area (Å²) in [7, 11) is 1.96. The lowest BCUT2D eigenvalue weighted by atomic mass is 10.1. The third kappa shape index (κ3) is 4.95. The minimum absolute atomic E-state index is 0.0222. The first-order valence-electron chi connectivity index (χ1n) is 6.89. The molecule has 1 aromatic carbocycles. The van der Waals surface area contributed by atoms with Crippen LogP contribution in [0.2, 0.25) is 0 Å². The first-order valence-corrected chi connectivity index (χ1v) is 8.50. The maximum Gasteiger partial charge on any atom is 0.238 e. The zero-order valence-corrected chi connectivity index (χ0v) is 14.6. The SMILES string of the molecule is CCc1ccccc1NC(=O)CN(C)Cc1ccc(Br)s1. The van der Waals surface area contributed by atoms with Crippen molar-refractivity contribution < 1.29 is 4.79 Å². The van der Waals surface area contributed by atoms with E-state index in [2.05, 4.69) is 34.2 Å². The highest BCUT2D eigenvalue weighted by atomic mass is 79.9. The minimum atomic E-state index is 0.0222. The van der Waals surface area contributed by atoms with Crippen molar-refractivity contribution in [2.75, 3.05) is 18.9 Å². The van der Waals surface area contributed by atoms with Gasteiger partial charge in [0.1, 0.15) is 0 Å². The molecule has 1 amide bonds. The third-order valence-corrected chi connectivity index (χ3v) is 4.75. The molecule has 5 heteroatoms. The van der Waals surface area contributed by atoms with Gasteiger partial charge in [0.15, 0.2) is 0 Å². The summed E-state index contributed by atoms with van der Waals surface area (Å²) in [5.74, 6) is 0.0222. The Hall–Kier alpha value is -1.17. The van der Waals surface area contributed by atoms with Gasteiger partial charge in [-0.25, -0.2) is 0 Å². The number of rotatable bonds is 6. The van der Waals surface area contributed by atoms with Crippen LogP contribution in [-0.2, 0) is 17.8 Å². The van der Waals surface area contributed by atoms with Crippen LogP contribution in [0.1, 0.15) is 17.4 Å². The van der Waals surface area contributed by atoms with Crippen molar-refractivity contribution in [1.29, 1.82) is 0 Å². The first-order chi connectivity index (χ1) is 10.1. The van der Waals surface area contributed by atoms with E-state index in [1.807, 2.05) is 42.3 Å². The molecule has 0 radical (unpaired) electrons. The number of anilines is 1. The second-order valence-electron chi connectivity index (χ2n) is 4.94. The van der Waals surface area contributed by atoms with Crippen molar-refractivity contribution in [2.24, 2.45) is 0 Å². The monoisotopic (exact) mass is 366 g/mol. The molecule has 21 heavy (non-hydrogen) atoms. The normalized spacial score (nSPS) is 10.9. The summed E-state index contributed by atoms with van der Waals surface area (Å²) in [6.45, 7) is 3.25. The Morgan fingerprint density at radius 1 is 1.29 bits per heavy atom. The molecule has 3 nitrogen and oxygen atoms in total. The number of thiophene rings is 1. The van der Waals surface area contributed by atoms with Crippen molar-refractivity contribution >= 4 is 38.9 Å². The molecule has 0 saturated carbocycles. The van der Waals surface area contributed by atoms with Crippen LogP contribution in [0.15, 0.2) is 40.2 Å². The van der Waals surface area contributed by atoms with Gasteiger partial charge in [-0.2, -0.15) is 0 Å². The molecule has 1 aromatic heterocycles. The average Bonchev–Trinajstić information content (AvgIpc) is 2.84. The van der Waals surface area contributed by atoms with E-state index in [1.165, 1.54) is 4.88 Å². The van der Waals surface area contributed by atoms with Crippen molar-refractivity contribution in [3.63, 3.8) is 0 Å². The maximum absolute atomic E-state index is 12.1. The Kier molecular flexibility index (Phi) is 5.96. The van der Waals surface area contributed by atoms with Crippen LogP contribution in [0.25, 0.3) is 0 Å². The molecule has 0 unspecified atom stereocenters. The first kappa shape index (κ1) is 16.2. The molecule has 0 aliphatic rings. The van der Waals surface area contributed by atoms with E-state index in [4.69, 9.17) is 0 Å². The fraction of sp³-hybridized carbons (Fsp3) is 0.312. The maximum atomic E-state index is 12.1. The predicted molar refractivity (Wildman–Crippen MR) is 92.8 cm³/mol. The van der Waals surface area contributed by atoms with Gasteiger partial charge < -0.3 is 5.32 Å². The second kappa shape index (κ2) is 7.73. The van der Waals surface area contributed by atoms with Crippen molar-refractivity contribution in [1.82, 2.24) is 4.90 Å². The summed E-state index contributed by atoms with van der Waals surface area (Å²) in [5, 5.41) is 3.00. The molecular formula is C16H19BrN2OS. The highest BCUT2D eigenvalue weighted by Gasteiger charge is 2.10. The number of hydrogen-bond donors (Lipinski definition) is 1. The number of nitrogens with zero attached hydrogens (tertiary/aromatic N) is 1. The number of aryl methyl sites for hydroxylation is 1. The molecule has 1 heterocycles. The number of carbonyl (C=O) groups excluding carboxylic acids is 1. The van der Waals surface area contributed by atoms with Gasteiger partial charge in [0.05, 0.1) is 10.3 Å². The van der Waals surface area contributed by atoms with E-state index in [0.717, 1.165) is 28.0 Å². The number of nitrogens with one attached hydrogen (secondary N) is 1. The number of para-hydroxylation sites is 1. The Labute approximate surface area is 138 Å². The number of benzene rings is 1. The zero-order valence-electron chi connectivity index (χ0n) is 12.2. The van der Waals surface area contributed by atoms with Crippen LogP contribution < -0.4 is 5.32 Å². The molecule has 0 spiro atoms. The van der Waals surface area contributed by atoms with Gasteiger partial charge in [-0.3, -0.25) is 9.69 Å². The molecule has 2 aromatic rings. The lowest BCUT2D eigenvalue weighted by Crippen LogP contribution is -2.29. The lowest BCUT2D eigenvalue weighted by molar-refractivity contribution is -0.117. The number of hydrogen-bond acceptors (Lipinski definition) is 3. The van der Waals surface area contributed by atoms with Gasteiger partial charge in [-0.1, -0.05) is 25.1 Å². The molecule has 2 rings (SSSR count). The van der Waals surface area contributed by atoms with E-state index in [1.54, 1.807) is 11.3 Å². The Bertz CT molecular complexity index is 612. The highest BCUT2D eigenvalue weighted by Crippen LogP contribution is 2.23. The van der Waals surface area contributed by atoms with Gasteiger partial charge in [0, 0.05) is 17.1 Å². The topological polar surface area (TPSA) is 32.3 Å². The summed E-state index contributed by atoms with van der Waals surface area (Å²) in [4.78, 5) is 15.4. The van der Waals surface area contributed by atoms with Gasteiger partial charge in [0.2, 0.25) is 5.91 Å². The average molecular weight is 367 g/mol. The Morgan fingerprint density at radius 2 is 2.05 bits per heavy atom.